The highest BCUT2D eigenvalue weighted by Gasteiger charge is 2.43. The number of amides is 2. The Kier molecular flexibility index (Phi) is 3.84. The SMILES string of the molecule is Cc1cc(N)nc(SC2CC(=O)N(C3CCCC3)C2=O)n1. The summed E-state index contributed by atoms with van der Waals surface area (Å²) in [5.41, 5.74) is 6.45. The summed E-state index contributed by atoms with van der Waals surface area (Å²) in [5.74, 6) is 0.222. The number of carbonyl (C=O) groups excluding carboxylic acids is 2. The number of hydrogen-bond donors (Lipinski definition) is 1. The summed E-state index contributed by atoms with van der Waals surface area (Å²) < 4.78 is 0. The predicted octanol–water partition coefficient (Wildman–Crippen LogP) is 1.53. The van der Waals surface area contributed by atoms with E-state index in [0.717, 1.165) is 31.4 Å². The fourth-order valence-electron chi connectivity index (χ4n) is 3.01. The second-order valence-corrected chi connectivity index (χ2v) is 6.74. The summed E-state index contributed by atoms with van der Waals surface area (Å²) in [6.07, 6.45) is 4.29. The molecule has 1 aromatic heterocycles. The minimum Gasteiger partial charge on any atom is -0.384 e. The average Bonchev–Trinajstić information content (AvgIpc) is 2.98. The topological polar surface area (TPSA) is 89.2 Å². The van der Waals surface area contributed by atoms with Crippen LogP contribution in [0.4, 0.5) is 5.82 Å². The lowest BCUT2D eigenvalue weighted by Crippen LogP contribution is -2.39. The molecule has 0 bridgehead atoms. The average molecular weight is 306 g/mol. The highest BCUT2D eigenvalue weighted by molar-refractivity contribution is 8.00. The van der Waals surface area contributed by atoms with Gasteiger partial charge in [-0.2, -0.15) is 0 Å². The molecule has 1 saturated heterocycles. The monoisotopic (exact) mass is 306 g/mol. The summed E-state index contributed by atoms with van der Waals surface area (Å²) in [6, 6.07) is 1.77. The van der Waals surface area contributed by atoms with Gasteiger partial charge in [0.15, 0.2) is 5.16 Å². The Morgan fingerprint density at radius 3 is 2.67 bits per heavy atom. The number of likely N-dealkylation sites (tertiary alicyclic amines) is 1. The van der Waals surface area contributed by atoms with Crippen molar-refractivity contribution in [2.24, 2.45) is 0 Å². The largest absolute Gasteiger partial charge is 0.384 e. The number of nitrogens with two attached hydrogens (primary N) is 1. The van der Waals surface area contributed by atoms with E-state index in [4.69, 9.17) is 5.73 Å². The van der Waals surface area contributed by atoms with Crippen LogP contribution in [-0.2, 0) is 9.59 Å². The number of imide groups is 1. The summed E-state index contributed by atoms with van der Waals surface area (Å²) in [5, 5.41) is 0.0474. The van der Waals surface area contributed by atoms with Crippen molar-refractivity contribution in [3.63, 3.8) is 0 Å². The first-order chi connectivity index (χ1) is 10.0. The number of rotatable bonds is 3. The molecule has 0 aromatic carbocycles. The molecule has 1 atom stereocenters. The van der Waals surface area contributed by atoms with Crippen LogP contribution in [0.5, 0.6) is 0 Å². The number of hydrogen-bond acceptors (Lipinski definition) is 6. The van der Waals surface area contributed by atoms with E-state index in [-0.39, 0.29) is 24.3 Å². The Morgan fingerprint density at radius 1 is 1.29 bits per heavy atom. The molecule has 2 N–H and O–H groups in total. The van der Waals surface area contributed by atoms with Gasteiger partial charge < -0.3 is 5.73 Å². The second-order valence-electron chi connectivity index (χ2n) is 5.57. The minimum absolute atomic E-state index is 0.0648. The highest BCUT2D eigenvalue weighted by atomic mass is 32.2. The van der Waals surface area contributed by atoms with Crippen molar-refractivity contribution < 1.29 is 9.59 Å². The summed E-state index contributed by atoms with van der Waals surface area (Å²) in [6.45, 7) is 1.83. The van der Waals surface area contributed by atoms with Crippen molar-refractivity contribution in [3.05, 3.63) is 11.8 Å². The molecular formula is C14H18N4O2S. The maximum Gasteiger partial charge on any atom is 0.243 e. The van der Waals surface area contributed by atoms with Crippen molar-refractivity contribution in [1.29, 1.82) is 0 Å². The third-order valence-electron chi connectivity index (χ3n) is 3.93. The smallest absolute Gasteiger partial charge is 0.243 e. The van der Waals surface area contributed by atoms with E-state index >= 15 is 0 Å². The Hall–Kier alpha value is -1.63. The Labute approximate surface area is 127 Å². The zero-order chi connectivity index (χ0) is 15.0. The molecule has 1 saturated carbocycles. The molecule has 3 rings (SSSR count). The number of aryl methyl sites for hydroxylation is 1. The molecule has 1 unspecified atom stereocenters. The van der Waals surface area contributed by atoms with Gasteiger partial charge in [0.1, 0.15) is 11.1 Å². The van der Waals surface area contributed by atoms with E-state index in [9.17, 15) is 9.59 Å². The fourth-order valence-corrected chi connectivity index (χ4v) is 4.05. The van der Waals surface area contributed by atoms with Gasteiger partial charge in [0.25, 0.3) is 0 Å². The Balaban J connectivity index is 1.74. The standard InChI is InChI=1S/C14H18N4O2S/c1-8-6-11(15)17-14(16-8)21-10-7-12(19)18(13(10)20)9-4-2-3-5-9/h6,9-10H,2-5,7H2,1H3,(H2,15,16,17). The van der Waals surface area contributed by atoms with Crippen molar-refractivity contribution in [1.82, 2.24) is 14.9 Å². The maximum atomic E-state index is 12.5. The van der Waals surface area contributed by atoms with Crippen LogP contribution < -0.4 is 5.73 Å². The number of anilines is 1. The normalized spacial score (nSPS) is 23.3. The molecule has 6 nitrogen and oxygen atoms in total. The number of thioether (sulfide) groups is 1. The van der Waals surface area contributed by atoms with Crippen molar-refractivity contribution in [3.8, 4) is 0 Å². The fraction of sp³-hybridized carbons (Fsp3) is 0.571. The van der Waals surface area contributed by atoms with Crippen LogP contribution in [-0.4, -0.2) is 38.0 Å². The van der Waals surface area contributed by atoms with E-state index in [1.165, 1.54) is 16.7 Å². The third-order valence-corrected chi connectivity index (χ3v) is 4.98. The molecule has 1 aliphatic heterocycles. The summed E-state index contributed by atoms with van der Waals surface area (Å²) in [4.78, 5) is 34.5. The molecule has 0 spiro atoms. The van der Waals surface area contributed by atoms with Crippen LogP contribution >= 0.6 is 11.8 Å². The lowest BCUT2D eigenvalue weighted by atomic mass is 10.2. The molecular weight excluding hydrogens is 288 g/mol. The second kappa shape index (κ2) is 5.63. The first-order valence-corrected chi connectivity index (χ1v) is 8.06. The first kappa shape index (κ1) is 14.3. The van der Waals surface area contributed by atoms with Gasteiger partial charge in [-0.1, -0.05) is 24.6 Å². The zero-order valence-corrected chi connectivity index (χ0v) is 12.7. The van der Waals surface area contributed by atoms with E-state index < -0.39 is 5.25 Å². The van der Waals surface area contributed by atoms with Gasteiger partial charge in [-0.05, 0) is 19.8 Å². The van der Waals surface area contributed by atoms with Crippen LogP contribution in [0.2, 0.25) is 0 Å². The Bertz CT molecular complexity index is 566. The quantitative estimate of drug-likeness (QED) is 0.673. The molecule has 2 fully saturated rings. The van der Waals surface area contributed by atoms with Crippen molar-refractivity contribution in [2.45, 2.75) is 55.5 Å². The van der Waals surface area contributed by atoms with Gasteiger partial charge >= 0.3 is 0 Å². The van der Waals surface area contributed by atoms with Gasteiger partial charge in [0.05, 0.1) is 0 Å². The third kappa shape index (κ3) is 2.88. The van der Waals surface area contributed by atoms with E-state index in [1.807, 2.05) is 6.92 Å². The van der Waals surface area contributed by atoms with E-state index in [1.54, 1.807) is 6.07 Å². The molecule has 2 heterocycles. The van der Waals surface area contributed by atoms with Gasteiger partial charge in [0, 0.05) is 24.2 Å². The van der Waals surface area contributed by atoms with Gasteiger partial charge in [0.2, 0.25) is 11.8 Å². The summed E-state index contributed by atoms with van der Waals surface area (Å²) in [7, 11) is 0. The predicted molar refractivity (Wildman–Crippen MR) is 79.6 cm³/mol. The van der Waals surface area contributed by atoms with Crippen LogP contribution in [0, 0.1) is 6.92 Å². The van der Waals surface area contributed by atoms with Crippen molar-refractivity contribution in [2.75, 3.05) is 5.73 Å². The number of nitrogen functional groups attached to an aromatic ring is 1. The first-order valence-electron chi connectivity index (χ1n) is 7.18. The van der Waals surface area contributed by atoms with Crippen LogP contribution in [0.1, 0.15) is 37.8 Å². The molecule has 7 heteroatoms. The summed E-state index contributed by atoms with van der Waals surface area (Å²) >= 11 is 1.24. The number of nitrogens with zero attached hydrogens (tertiary/aromatic N) is 3. The molecule has 112 valence electrons. The van der Waals surface area contributed by atoms with Gasteiger partial charge in [-0.25, -0.2) is 9.97 Å². The maximum absolute atomic E-state index is 12.5. The van der Waals surface area contributed by atoms with Crippen LogP contribution in [0.15, 0.2) is 11.2 Å². The Morgan fingerprint density at radius 2 is 2.00 bits per heavy atom. The number of aromatic nitrogens is 2. The van der Waals surface area contributed by atoms with Crippen LogP contribution in [0.25, 0.3) is 0 Å². The van der Waals surface area contributed by atoms with Gasteiger partial charge in [-0.3, -0.25) is 14.5 Å². The molecule has 2 aliphatic rings. The zero-order valence-electron chi connectivity index (χ0n) is 11.9. The molecule has 2 amide bonds. The van der Waals surface area contributed by atoms with Crippen LogP contribution in [0.3, 0.4) is 0 Å². The lowest BCUT2D eigenvalue weighted by molar-refractivity contribution is -0.140. The van der Waals surface area contributed by atoms with E-state index in [0.29, 0.717) is 11.0 Å². The van der Waals surface area contributed by atoms with Crippen molar-refractivity contribution >= 4 is 29.4 Å². The van der Waals surface area contributed by atoms with E-state index in [2.05, 4.69) is 9.97 Å². The minimum atomic E-state index is -0.417. The molecule has 21 heavy (non-hydrogen) atoms. The number of carbonyl (C=O) groups is 2. The highest BCUT2D eigenvalue weighted by Crippen LogP contribution is 2.34. The molecule has 1 aromatic rings. The van der Waals surface area contributed by atoms with Gasteiger partial charge in [-0.15, -0.1) is 0 Å². The lowest BCUT2D eigenvalue weighted by Gasteiger charge is -2.21. The molecule has 0 radical (unpaired) electrons. The molecule has 1 aliphatic carbocycles.